The summed E-state index contributed by atoms with van der Waals surface area (Å²) in [4.78, 5) is 2.56. The molecule has 1 rings (SSSR count). The molecule has 0 spiro atoms. The highest BCUT2D eigenvalue weighted by Crippen LogP contribution is 2.33. The van der Waals surface area contributed by atoms with Crippen LogP contribution in [0.4, 0.5) is 0 Å². The van der Waals surface area contributed by atoms with Crippen molar-refractivity contribution in [3.05, 3.63) is 0 Å². The lowest BCUT2D eigenvalue weighted by Gasteiger charge is -2.53. The summed E-state index contributed by atoms with van der Waals surface area (Å²) >= 11 is 0. The number of hydrogen-bond donors (Lipinski definition) is 1. The first kappa shape index (κ1) is 12.0. The Morgan fingerprint density at radius 2 is 1.79 bits per heavy atom. The third kappa shape index (κ3) is 1.96. The fourth-order valence-corrected chi connectivity index (χ4v) is 2.08. The van der Waals surface area contributed by atoms with Crippen molar-refractivity contribution in [2.45, 2.75) is 40.2 Å². The standard InChI is InChI=1S/C12H26N2/c1-9(2)11-6-14(7-11)12(5,8-13)10(3)4/h9-11H,6-8,13H2,1-5H3. The van der Waals surface area contributed by atoms with Gasteiger partial charge in [0.15, 0.2) is 0 Å². The van der Waals surface area contributed by atoms with E-state index in [0.717, 1.165) is 18.4 Å². The van der Waals surface area contributed by atoms with Gasteiger partial charge in [0.25, 0.3) is 0 Å². The normalized spacial score (nSPS) is 24.0. The number of rotatable bonds is 4. The highest BCUT2D eigenvalue weighted by Gasteiger charge is 2.41. The molecular formula is C12H26N2. The number of hydrogen-bond acceptors (Lipinski definition) is 2. The number of likely N-dealkylation sites (tertiary alicyclic amines) is 1. The zero-order valence-corrected chi connectivity index (χ0v) is 10.4. The van der Waals surface area contributed by atoms with Gasteiger partial charge in [-0.25, -0.2) is 0 Å². The Morgan fingerprint density at radius 1 is 1.29 bits per heavy atom. The van der Waals surface area contributed by atoms with Crippen LogP contribution in [0, 0.1) is 17.8 Å². The van der Waals surface area contributed by atoms with Crippen molar-refractivity contribution >= 4 is 0 Å². The van der Waals surface area contributed by atoms with Crippen molar-refractivity contribution in [2.24, 2.45) is 23.5 Å². The molecule has 2 nitrogen and oxygen atoms in total. The van der Waals surface area contributed by atoms with Crippen LogP contribution in [0.25, 0.3) is 0 Å². The maximum atomic E-state index is 5.90. The van der Waals surface area contributed by atoms with Gasteiger partial charge in [-0.05, 0) is 24.7 Å². The highest BCUT2D eigenvalue weighted by molar-refractivity contribution is 4.97. The van der Waals surface area contributed by atoms with Gasteiger partial charge in [0.2, 0.25) is 0 Å². The van der Waals surface area contributed by atoms with Gasteiger partial charge in [-0.1, -0.05) is 27.7 Å². The van der Waals surface area contributed by atoms with E-state index in [9.17, 15) is 0 Å². The minimum absolute atomic E-state index is 0.214. The molecule has 1 fully saturated rings. The molecule has 0 aromatic carbocycles. The van der Waals surface area contributed by atoms with Gasteiger partial charge in [0.1, 0.15) is 0 Å². The first-order chi connectivity index (χ1) is 6.41. The molecule has 0 aliphatic carbocycles. The maximum absolute atomic E-state index is 5.90. The molecule has 0 aromatic heterocycles. The van der Waals surface area contributed by atoms with E-state index in [0.29, 0.717) is 5.92 Å². The van der Waals surface area contributed by atoms with Gasteiger partial charge < -0.3 is 5.73 Å². The quantitative estimate of drug-likeness (QED) is 0.748. The molecule has 1 heterocycles. The van der Waals surface area contributed by atoms with Crippen LogP contribution in [0.5, 0.6) is 0 Å². The first-order valence-electron chi connectivity index (χ1n) is 5.87. The molecule has 1 aliphatic heterocycles. The molecule has 1 saturated heterocycles. The van der Waals surface area contributed by atoms with Crippen molar-refractivity contribution in [1.29, 1.82) is 0 Å². The van der Waals surface area contributed by atoms with Gasteiger partial charge in [0, 0.05) is 25.2 Å². The average Bonchev–Trinajstić information content (AvgIpc) is 1.99. The number of nitrogens with zero attached hydrogens (tertiary/aromatic N) is 1. The van der Waals surface area contributed by atoms with Crippen LogP contribution in [-0.2, 0) is 0 Å². The Hall–Kier alpha value is -0.0800. The maximum Gasteiger partial charge on any atom is 0.0326 e. The molecule has 2 N–H and O–H groups in total. The minimum atomic E-state index is 0.214. The molecule has 1 atom stereocenters. The van der Waals surface area contributed by atoms with E-state index in [1.165, 1.54) is 13.1 Å². The van der Waals surface area contributed by atoms with Crippen LogP contribution < -0.4 is 5.73 Å². The van der Waals surface area contributed by atoms with Gasteiger partial charge in [-0.2, -0.15) is 0 Å². The lowest BCUT2D eigenvalue weighted by Crippen LogP contribution is -2.64. The summed E-state index contributed by atoms with van der Waals surface area (Å²) in [6.07, 6.45) is 0. The summed E-state index contributed by atoms with van der Waals surface area (Å²) in [5.41, 5.74) is 6.11. The third-order valence-electron chi connectivity index (χ3n) is 4.23. The van der Waals surface area contributed by atoms with E-state index in [-0.39, 0.29) is 5.54 Å². The van der Waals surface area contributed by atoms with E-state index in [1.54, 1.807) is 0 Å². The highest BCUT2D eigenvalue weighted by atomic mass is 15.3. The Balaban J connectivity index is 2.51. The topological polar surface area (TPSA) is 29.3 Å². The molecule has 1 aliphatic rings. The van der Waals surface area contributed by atoms with Crippen molar-refractivity contribution in [3.63, 3.8) is 0 Å². The second-order valence-electron chi connectivity index (χ2n) is 5.63. The SMILES string of the molecule is CC(C)C1CN(C(C)(CN)C(C)C)C1. The van der Waals surface area contributed by atoms with Gasteiger partial charge in [-0.15, -0.1) is 0 Å². The molecule has 84 valence electrons. The monoisotopic (exact) mass is 198 g/mol. The van der Waals surface area contributed by atoms with Crippen molar-refractivity contribution < 1.29 is 0 Å². The predicted molar refractivity (Wildman–Crippen MR) is 62.2 cm³/mol. The zero-order valence-electron chi connectivity index (χ0n) is 10.4. The molecule has 1 unspecified atom stereocenters. The summed E-state index contributed by atoms with van der Waals surface area (Å²) in [5.74, 6) is 2.35. The van der Waals surface area contributed by atoms with Crippen LogP contribution in [0.15, 0.2) is 0 Å². The second kappa shape index (κ2) is 4.19. The van der Waals surface area contributed by atoms with E-state index < -0.39 is 0 Å². The first-order valence-corrected chi connectivity index (χ1v) is 5.87. The van der Waals surface area contributed by atoms with E-state index in [1.807, 2.05) is 0 Å². The Bertz CT molecular complexity index is 183. The second-order valence-corrected chi connectivity index (χ2v) is 5.63. The van der Waals surface area contributed by atoms with Crippen molar-refractivity contribution in [2.75, 3.05) is 19.6 Å². The average molecular weight is 198 g/mol. The van der Waals surface area contributed by atoms with Crippen LogP contribution in [0.1, 0.15) is 34.6 Å². The Labute approximate surface area is 88.8 Å². The molecule has 0 saturated carbocycles. The fraction of sp³-hybridized carbons (Fsp3) is 1.00. The predicted octanol–water partition coefficient (Wildman–Crippen LogP) is 1.95. The van der Waals surface area contributed by atoms with Crippen LogP contribution in [0.2, 0.25) is 0 Å². The Morgan fingerprint density at radius 3 is 2.07 bits per heavy atom. The smallest absolute Gasteiger partial charge is 0.0326 e. The van der Waals surface area contributed by atoms with Crippen LogP contribution >= 0.6 is 0 Å². The van der Waals surface area contributed by atoms with Gasteiger partial charge in [-0.3, -0.25) is 4.90 Å². The molecule has 0 aromatic rings. The van der Waals surface area contributed by atoms with E-state index in [2.05, 4.69) is 39.5 Å². The fourth-order valence-electron chi connectivity index (χ4n) is 2.08. The summed E-state index contributed by atoms with van der Waals surface area (Å²) in [5, 5.41) is 0. The molecule has 0 amide bonds. The van der Waals surface area contributed by atoms with Crippen molar-refractivity contribution in [3.8, 4) is 0 Å². The lowest BCUT2D eigenvalue weighted by molar-refractivity contribution is -0.0425. The molecule has 2 heteroatoms. The lowest BCUT2D eigenvalue weighted by atomic mass is 9.79. The third-order valence-corrected chi connectivity index (χ3v) is 4.23. The summed E-state index contributed by atoms with van der Waals surface area (Å²) < 4.78 is 0. The summed E-state index contributed by atoms with van der Waals surface area (Å²) in [6.45, 7) is 14.7. The van der Waals surface area contributed by atoms with E-state index >= 15 is 0 Å². The zero-order chi connectivity index (χ0) is 10.9. The summed E-state index contributed by atoms with van der Waals surface area (Å²) in [7, 11) is 0. The molecular weight excluding hydrogens is 172 g/mol. The minimum Gasteiger partial charge on any atom is -0.329 e. The largest absolute Gasteiger partial charge is 0.329 e. The van der Waals surface area contributed by atoms with E-state index in [4.69, 9.17) is 5.73 Å². The van der Waals surface area contributed by atoms with Crippen LogP contribution in [0.3, 0.4) is 0 Å². The van der Waals surface area contributed by atoms with Crippen LogP contribution in [-0.4, -0.2) is 30.1 Å². The molecule has 14 heavy (non-hydrogen) atoms. The number of nitrogens with two attached hydrogens (primary N) is 1. The summed E-state index contributed by atoms with van der Waals surface area (Å²) in [6, 6.07) is 0. The Kier molecular flexibility index (Phi) is 3.59. The van der Waals surface area contributed by atoms with Gasteiger partial charge >= 0.3 is 0 Å². The van der Waals surface area contributed by atoms with Crippen molar-refractivity contribution in [1.82, 2.24) is 4.90 Å². The molecule has 0 bridgehead atoms. The molecule has 0 radical (unpaired) electrons. The van der Waals surface area contributed by atoms with Gasteiger partial charge in [0.05, 0.1) is 0 Å².